The Balaban J connectivity index is 2.19. The van der Waals surface area contributed by atoms with Gasteiger partial charge in [-0.1, -0.05) is 38.2 Å². The van der Waals surface area contributed by atoms with Gasteiger partial charge in [-0.25, -0.2) is 0 Å². The van der Waals surface area contributed by atoms with E-state index in [1.54, 1.807) is 11.0 Å². The van der Waals surface area contributed by atoms with Gasteiger partial charge in [0.05, 0.1) is 6.61 Å². The first-order valence-electron chi connectivity index (χ1n) is 7.27. The van der Waals surface area contributed by atoms with E-state index in [1.807, 2.05) is 0 Å². The summed E-state index contributed by atoms with van der Waals surface area (Å²) in [5, 5.41) is 8.91. The Morgan fingerprint density at radius 3 is 2.67 bits per heavy atom. The van der Waals surface area contributed by atoms with Crippen molar-refractivity contribution in [2.45, 2.75) is 51.4 Å². The maximum absolute atomic E-state index is 11.9. The van der Waals surface area contributed by atoms with Crippen LogP contribution in [-0.4, -0.2) is 35.6 Å². The van der Waals surface area contributed by atoms with Crippen LogP contribution in [0.3, 0.4) is 0 Å². The Labute approximate surface area is 111 Å². The number of aliphatic hydroxyl groups is 1. The average Bonchev–Trinajstić information content (AvgIpc) is 2.39. The van der Waals surface area contributed by atoms with Gasteiger partial charge in [-0.05, 0) is 18.8 Å². The number of hydrogen-bond donors (Lipinski definition) is 1. The fraction of sp³-hybridized carbons (Fsp3) is 0.800. The monoisotopic (exact) mass is 253 g/mol. The molecule has 1 aliphatic carbocycles. The Hall–Kier alpha value is -0.830. The summed E-state index contributed by atoms with van der Waals surface area (Å²) >= 11 is 0. The molecule has 0 atom stereocenters. The number of rotatable bonds is 8. The molecule has 104 valence electrons. The molecule has 0 radical (unpaired) electrons. The first-order chi connectivity index (χ1) is 8.77. The Morgan fingerprint density at radius 2 is 2.06 bits per heavy atom. The fourth-order valence-corrected chi connectivity index (χ4v) is 2.77. The molecule has 1 aliphatic rings. The van der Waals surface area contributed by atoms with Crippen molar-refractivity contribution >= 4 is 5.91 Å². The zero-order valence-corrected chi connectivity index (χ0v) is 11.4. The molecular weight excluding hydrogens is 226 g/mol. The minimum atomic E-state index is 0.0300. The topological polar surface area (TPSA) is 40.5 Å². The average molecular weight is 253 g/mol. The molecule has 1 rings (SSSR count). The van der Waals surface area contributed by atoms with E-state index in [2.05, 4.69) is 6.58 Å². The van der Waals surface area contributed by atoms with Gasteiger partial charge in [0.25, 0.3) is 0 Å². The van der Waals surface area contributed by atoms with Crippen LogP contribution in [-0.2, 0) is 4.79 Å². The quantitative estimate of drug-likeness (QED) is 0.676. The molecule has 0 bridgehead atoms. The highest BCUT2D eigenvalue weighted by atomic mass is 16.3. The standard InChI is InChI=1S/C15H27NO2/c1-2-11-16(12-13-17)15(18)10-6-9-14-7-4-3-5-8-14/h2,14,17H,1,3-13H2. The first-order valence-corrected chi connectivity index (χ1v) is 7.27. The van der Waals surface area contributed by atoms with Crippen LogP contribution >= 0.6 is 0 Å². The van der Waals surface area contributed by atoms with E-state index in [-0.39, 0.29) is 12.5 Å². The van der Waals surface area contributed by atoms with Gasteiger partial charge in [0, 0.05) is 19.5 Å². The van der Waals surface area contributed by atoms with Crippen molar-refractivity contribution in [1.82, 2.24) is 4.90 Å². The normalized spacial score (nSPS) is 16.5. The molecule has 0 saturated heterocycles. The van der Waals surface area contributed by atoms with Gasteiger partial charge >= 0.3 is 0 Å². The SMILES string of the molecule is C=CCN(CCO)C(=O)CCCC1CCCCC1. The molecule has 0 spiro atoms. The van der Waals surface area contributed by atoms with Crippen molar-refractivity contribution in [1.29, 1.82) is 0 Å². The van der Waals surface area contributed by atoms with Crippen LogP contribution in [0.15, 0.2) is 12.7 Å². The van der Waals surface area contributed by atoms with Gasteiger partial charge in [-0.3, -0.25) is 4.79 Å². The lowest BCUT2D eigenvalue weighted by Crippen LogP contribution is -2.33. The van der Waals surface area contributed by atoms with E-state index >= 15 is 0 Å². The molecule has 0 aromatic rings. The summed E-state index contributed by atoms with van der Waals surface area (Å²) in [4.78, 5) is 13.6. The highest BCUT2D eigenvalue weighted by Crippen LogP contribution is 2.27. The molecule has 0 unspecified atom stereocenters. The van der Waals surface area contributed by atoms with Crippen molar-refractivity contribution in [2.75, 3.05) is 19.7 Å². The molecule has 1 saturated carbocycles. The van der Waals surface area contributed by atoms with E-state index in [4.69, 9.17) is 5.11 Å². The van der Waals surface area contributed by atoms with Crippen molar-refractivity contribution in [2.24, 2.45) is 5.92 Å². The molecule has 1 N–H and O–H groups in total. The number of amides is 1. The van der Waals surface area contributed by atoms with E-state index in [0.717, 1.165) is 12.3 Å². The van der Waals surface area contributed by atoms with Crippen LogP contribution in [0.2, 0.25) is 0 Å². The molecular formula is C15H27NO2. The number of carbonyl (C=O) groups excluding carboxylic acids is 1. The third-order valence-electron chi connectivity index (χ3n) is 3.80. The molecule has 3 nitrogen and oxygen atoms in total. The fourth-order valence-electron chi connectivity index (χ4n) is 2.77. The van der Waals surface area contributed by atoms with Crippen LogP contribution in [0.25, 0.3) is 0 Å². The van der Waals surface area contributed by atoms with E-state index in [0.29, 0.717) is 19.5 Å². The number of carbonyl (C=O) groups is 1. The summed E-state index contributed by atoms with van der Waals surface area (Å²) < 4.78 is 0. The van der Waals surface area contributed by atoms with Crippen molar-refractivity contribution in [3.05, 3.63) is 12.7 Å². The van der Waals surface area contributed by atoms with Gasteiger partial charge in [0.1, 0.15) is 0 Å². The molecule has 0 aromatic heterocycles. The molecule has 1 fully saturated rings. The maximum atomic E-state index is 11.9. The van der Waals surface area contributed by atoms with Crippen LogP contribution in [0.5, 0.6) is 0 Å². The van der Waals surface area contributed by atoms with Crippen molar-refractivity contribution < 1.29 is 9.90 Å². The summed E-state index contributed by atoms with van der Waals surface area (Å²) in [6.45, 7) is 4.64. The lowest BCUT2D eigenvalue weighted by molar-refractivity contribution is -0.131. The largest absolute Gasteiger partial charge is 0.395 e. The van der Waals surface area contributed by atoms with Gasteiger partial charge in [-0.2, -0.15) is 0 Å². The Kier molecular flexibility index (Phi) is 7.74. The third kappa shape index (κ3) is 5.67. The number of hydrogen-bond acceptors (Lipinski definition) is 2. The van der Waals surface area contributed by atoms with Gasteiger partial charge in [0.15, 0.2) is 0 Å². The second-order valence-corrected chi connectivity index (χ2v) is 5.25. The maximum Gasteiger partial charge on any atom is 0.222 e. The Bertz CT molecular complexity index is 247. The summed E-state index contributed by atoms with van der Waals surface area (Å²) in [6.07, 6.45) is 11.3. The molecule has 0 aromatic carbocycles. The van der Waals surface area contributed by atoms with E-state index in [1.165, 1.54) is 38.5 Å². The predicted octanol–water partition coefficient (Wildman–Crippen LogP) is 2.74. The minimum Gasteiger partial charge on any atom is -0.395 e. The Morgan fingerprint density at radius 1 is 1.33 bits per heavy atom. The molecule has 1 amide bonds. The summed E-state index contributed by atoms with van der Waals surface area (Å²) in [7, 11) is 0. The smallest absolute Gasteiger partial charge is 0.222 e. The molecule has 0 heterocycles. The second kappa shape index (κ2) is 9.15. The van der Waals surface area contributed by atoms with Crippen LogP contribution < -0.4 is 0 Å². The zero-order valence-electron chi connectivity index (χ0n) is 11.4. The summed E-state index contributed by atoms with van der Waals surface area (Å²) in [5.74, 6) is 0.997. The van der Waals surface area contributed by atoms with Crippen LogP contribution in [0.1, 0.15) is 51.4 Å². The summed E-state index contributed by atoms with van der Waals surface area (Å²) in [5.41, 5.74) is 0. The van der Waals surface area contributed by atoms with E-state index < -0.39 is 0 Å². The van der Waals surface area contributed by atoms with Crippen molar-refractivity contribution in [3.63, 3.8) is 0 Å². The second-order valence-electron chi connectivity index (χ2n) is 5.25. The summed E-state index contributed by atoms with van der Waals surface area (Å²) in [6, 6.07) is 0. The third-order valence-corrected chi connectivity index (χ3v) is 3.80. The minimum absolute atomic E-state index is 0.0300. The van der Waals surface area contributed by atoms with Crippen molar-refractivity contribution in [3.8, 4) is 0 Å². The molecule has 0 aliphatic heterocycles. The van der Waals surface area contributed by atoms with Gasteiger partial charge in [0.2, 0.25) is 5.91 Å². The molecule has 3 heteroatoms. The highest BCUT2D eigenvalue weighted by Gasteiger charge is 2.15. The lowest BCUT2D eigenvalue weighted by atomic mass is 9.86. The molecule has 18 heavy (non-hydrogen) atoms. The highest BCUT2D eigenvalue weighted by molar-refractivity contribution is 5.76. The predicted molar refractivity (Wildman–Crippen MR) is 74.3 cm³/mol. The first kappa shape index (κ1) is 15.2. The zero-order chi connectivity index (χ0) is 13.2. The van der Waals surface area contributed by atoms with Gasteiger partial charge in [-0.15, -0.1) is 6.58 Å². The number of aliphatic hydroxyl groups excluding tert-OH is 1. The van der Waals surface area contributed by atoms with Crippen LogP contribution in [0.4, 0.5) is 0 Å². The van der Waals surface area contributed by atoms with Crippen LogP contribution in [0, 0.1) is 5.92 Å². The van der Waals surface area contributed by atoms with Gasteiger partial charge < -0.3 is 10.0 Å². The van der Waals surface area contributed by atoms with E-state index in [9.17, 15) is 4.79 Å². The number of nitrogens with zero attached hydrogens (tertiary/aromatic N) is 1. The lowest BCUT2D eigenvalue weighted by Gasteiger charge is -2.23.